The Hall–Kier alpha value is -11.9. The summed E-state index contributed by atoms with van der Waals surface area (Å²) >= 11 is 0. The van der Waals surface area contributed by atoms with Crippen molar-refractivity contribution < 1.29 is 8.22 Å². The Morgan fingerprint density at radius 2 is 0.511 bits per heavy atom. The Balaban J connectivity index is 0.000000103. The van der Waals surface area contributed by atoms with Crippen molar-refractivity contribution in [2.24, 2.45) is 29.6 Å². The van der Waals surface area contributed by atoms with Crippen molar-refractivity contribution >= 4 is 56.9 Å². The van der Waals surface area contributed by atoms with Gasteiger partial charge < -0.3 is 49.0 Å². The van der Waals surface area contributed by atoms with Gasteiger partial charge in [0.1, 0.15) is 0 Å². The van der Waals surface area contributed by atoms with Crippen LogP contribution >= 0.6 is 0 Å². The first-order valence-corrected chi connectivity index (χ1v) is 52.3. The van der Waals surface area contributed by atoms with Crippen LogP contribution in [0.25, 0.3) is 28.5 Å². The monoisotopic (exact) mass is 1820 g/mol. The molecule has 10 heterocycles. The summed E-state index contributed by atoms with van der Waals surface area (Å²) in [5.41, 5.74) is 37.7. The fourth-order valence-electron chi connectivity index (χ4n) is 28.5. The van der Waals surface area contributed by atoms with Crippen LogP contribution in [0.5, 0.6) is 0 Å². The average Bonchev–Trinajstić information content (AvgIpc) is 1.54. The van der Waals surface area contributed by atoms with Gasteiger partial charge in [-0.2, -0.15) is 0 Å². The first-order valence-electron chi connectivity index (χ1n) is 55.7. The van der Waals surface area contributed by atoms with Gasteiger partial charge in [-0.3, -0.25) is 0 Å². The molecule has 5 fully saturated rings. The molecular formula is C127H146N10. The number of anilines is 5. The number of fused-ring (bicyclic) bond motifs is 15. The van der Waals surface area contributed by atoms with E-state index < -0.39 is 39.2 Å². The van der Waals surface area contributed by atoms with E-state index in [4.69, 9.17) is 2.74 Å². The predicted molar refractivity (Wildman–Crippen MR) is 573 cm³/mol. The van der Waals surface area contributed by atoms with Crippen LogP contribution in [0.4, 0.5) is 28.4 Å². The molecule has 0 bridgehead atoms. The highest BCUT2D eigenvalue weighted by Crippen LogP contribution is 2.66. The van der Waals surface area contributed by atoms with Gasteiger partial charge in [0.25, 0.3) is 0 Å². The molecule has 11 aromatic carbocycles. The summed E-state index contributed by atoms with van der Waals surface area (Å²) in [7, 11) is 0. The number of hydrogen-bond acceptors (Lipinski definition) is 10. The van der Waals surface area contributed by atoms with Crippen molar-refractivity contribution in [2.75, 3.05) is 57.7 Å². The molecule has 5 saturated carbocycles. The van der Waals surface area contributed by atoms with Gasteiger partial charge in [0.15, 0.2) is 0 Å². The van der Waals surface area contributed by atoms with Gasteiger partial charge >= 0.3 is 0 Å². The van der Waals surface area contributed by atoms with Crippen LogP contribution in [0, 0.1) is 64.2 Å². The molecule has 10 aliphatic heterocycles. The van der Waals surface area contributed by atoms with Gasteiger partial charge in [0, 0.05) is 84.7 Å². The Bertz CT molecular complexity index is 6800. The van der Waals surface area contributed by atoms with E-state index in [0.29, 0.717) is 29.6 Å². The van der Waals surface area contributed by atoms with Crippen molar-refractivity contribution in [3.63, 3.8) is 0 Å². The molecule has 137 heavy (non-hydrogen) atoms. The smallest absolute Gasteiger partial charge is 0.0962 e. The molecule has 704 valence electrons. The Morgan fingerprint density at radius 3 is 0.898 bits per heavy atom. The topological polar surface area (TPSA) is 32.4 Å². The van der Waals surface area contributed by atoms with Gasteiger partial charge in [0.05, 0.1) is 98.1 Å². The molecule has 0 amide bonds. The summed E-state index contributed by atoms with van der Waals surface area (Å²) < 4.78 is 55.7. The van der Waals surface area contributed by atoms with E-state index in [9.17, 15) is 5.48 Å². The second-order valence-electron chi connectivity index (χ2n) is 42.4. The van der Waals surface area contributed by atoms with Crippen molar-refractivity contribution in [2.45, 2.75) is 266 Å². The molecule has 10 nitrogen and oxygen atoms in total. The van der Waals surface area contributed by atoms with Crippen LogP contribution in [0.15, 0.2) is 301 Å². The van der Waals surface area contributed by atoms with Crippen molar-refractivity contribution in [1.29, 1.82) is 0 Å². The standard InChI is InChI=1S/C30H38N2.C29H36N2.C25H24N2.C24H28N2.C19H20N2/c1-22-13-9-12-20-28(22)31-21-32-29(23(31)2)26-18-10-11-19-27(26)30(32,24-14-5-3-6-15-24)25-16-7-4-8-17-25;1-21-12-6-11-19-27(21)30-20-31-28(22(30)2)25-17-9-10-18-26(25)29(31,24-15-7-8-16-24)23-13-4-3-5-14-23;1-18-11-7-10-16-23(18)26-17-27-24(19(26)2)21-14-8-9-15-22(21)25(27,3)20-12-5-4-6-13-20;1-17-10-4-9-15-22(17)25-16-26-23(18(25)2)20-13-7-8-14-21(20)24(26,3)19-11-5-6-12-19;1-13-8-4-7-11-18(13)20-12-21-14(2)16-9-5-6-10-17(16)19(21)15(20)3/h9-13,18-20,24-25H,3-8,14-17,21H2,1-2H3;6,9-12,17-19,23-24H,3-5,7-8,13-16,20H2,1-2H3;4-16H,17H2,1-3H3;4,7-10,13-15,19H,5-6,11-12,16H2,1-3H3;4-11,14H,12H2,1-3H3/i21D;20D;17D;16D;12D,14D. The molecule has 9 atom stereocenters. The van der Waals surface area contributed by atoms with Crippen LogP contribution in [0.3, 0.4) is 0 Å². The molecule has 5 aliphatic carbocycles. The lowest BCUT2D eigenvalue weighted by Crippen LogP contribution is -2.54. The lowest BCUT2D eigenvalue weighted by molar-refractivity contribution is -0.00203. The second-order valence-corrected chi connectivity index (χ2v) is 42.4. The highest BCUT2D eigenvalue weighted by molar-refractivity contribution is 5.88. The van der Waals surface area contributed by atoms with Gasteiger partial charge in [-0.05, 0) is 275 Å². The molecule has 9 unspecified atom stereocenters. The maximum absolute atomic E-state index is 9.76. The summed E-state index contributed by atoms with van der Waals surface area (Å²) in [6.45, 7) is 25.8. The fraction of sp³-hybridized carbons (Fsp3) is 0.402. The lowest BCUT2D eigenvalue weighted by Gasteiger charge is -2.53. The highest BCUT2D eigenvalue weighted by atomic mass is 15.5. The van der Waals surface area contributed by atoms with Crippen LogP contribution in [-0.2, 0) is 22.2 Å². The van der Waals surface area contributed by atoms with Crippen molar-refractivity contribution in [3.05, 3.63) is 390 Å². The molecule has 0 N–H and O–H groups in total. The van der Waals surface area contributed by atoms with E-state index in [1.165, 1.54) is 266 Å². The number of benzene rings is 11. The molecule has 0 spiro atoms. The minimum Gasteiger partial charge on any atom is -0.345 e. The maximum Gasteiger partial charge on any atom is 0.0962 e. The van der Waals surface area contributed by atoms with Gasteiger partial charge in [0.2, 0.25) is 0 Å². The van der Waals surface area contributed by atoms with E-state index >= 15 is 0 Å². The number of aryl methyl sites for hydroxylation is 5. The number of hydrogen-bond donors (Lipinski definition) is 0. The number of para-hydroxylation sites is 5. The first-order chi connectivity index (χ1) is 69.3. The summed E-state index contributed by atoms with van der Waals surface area (Å²) in [5.74, 6) is 3.21. The Morgan fingerprint density at radius 1 is 0.248 bits per heavy atom. The average molecular weight is 1820 g/mol. The molecule has 11 aromatic rings. The third kappa shape index (κ3) is 14.6. The van der Waals surface area contributed by atoms with E-state index in [2.05, 4.69) is 365 Å². The first kappa shape index (κ1) is 83.3. The quantitative estimate of drug-likeness (QED) is 0.125. The molecular weight excluding hydrogens is 1670 g/mol. The van der Waals surface area contributed by atoms with Crippen molar-refractivity contribution in [3.8, 4) is 0 Å². The predicted octanol–water partition coefficient (Wildman–Crippen LogP) is 31.4. The molecule has 0 radical (unpaired) electrons. The van der Waals surface area contributed by atoms with E-state index in [0.717, 1.165) is 50.8 Å². The molecule has 26 rings (SSSR count). The largest absolute Gasteiger partial charge is 0.345 e. The van der Waals surface area contributed by atoms with Crippen LogP contribution in [0.2, 0.25) is 0 Å². The van der Waals surface area contributed by atoms with Crippen LogP contribution < -0.4 is 24.5 Å². The fourth-order valence-corrected chi connectivity index (χ4v) is 28.5. The Labute approximate surface area is 828 Å². The second kappa shape index (κ2) is 36.8. The van der Waals surface area contributed by atoms with Gasteiger partial charge in [-0.1, -0.05) is 326 Å². The third-order valence-corrected chi connectivity index (χ3v) is 35.3. The molecule has 0 saturated heterocycles. The van der Waals surface area contributed by atoms with Gasteiger partial charge in [-0.25, -0.2) is 0 Å². The summed E-state index contributed by atoms with van der Waals surface area (Å²) in [4.78, 5) is 22.9. The summed E-state index contributed by atoms with van der Waals surface area (Å²) in [6.07, 6.45) is 30.5. The van der Waals surface area contributed by atoms with Gasteiger partial charge in [-0.15, -0.1) is 0 Å². The zero-order chi connectivity index (χ0) is 99.0. The minimum absolute atomic E-state index is 0.0199. The summed E-state index contributed by atoms with van der Waals surface area (Å²) in [6, 6.07) is 95.9. The Kier molecular flexibility index (Phi) is 22.4. The molecule has 15 aliphatic rings. The number of allylic oxidation sites excluding steroid dienone is 5. The van der Waals surface area contributed by atoms with Crippen LogP contribution in [0.1, 0.15) is 306 Å². The minimum atomic E-state index is -0.920. The normalized spacial score (nSPS) is 27.4. The summed E-state index contributed by atoms with van der Waals surface area (Å²) in [5, 5.41) is 0. The highest BCUT2D eigenvalue weighted by Gasteiger charge is 2.62. The zero-order valence-corrected chi connectivity index (χ0v) is 83.5. The molecule has 0 aromatic heterocycles. The molecule has 10 heteroatoms. The zero-order valence-electron chi connectivity index (χ0n) is 89.5. The number of rotatable bonds is 11. The van der Waals surface area contributed by atoms with E-state index in [1.54, 1.807) is 5.56 Å². The third-order valence-electron chi connectivity index (χ3n) is 35.3. The maximum atomic E-state index is 9.76. The van der Waals surface area contributed by atoms with E-state index in [1.807, 2.05) is 47.1 Å². The SMILES string of the molecule is [2H]C1N(c2ccccc2C)C(C)=C2c3ccccc3C(C)(C3CCCC3)N21.[2H]C1N(c2ccccc2C)C(C)=C2c3ccccc3C(C)(c3ccccc3)N21.[2H]C1N(c2ccccc2C)C(C)=C2c3ccccc3C(C3CCCCC3)(C3CCCC3)N21.[2H]C1N(c2ccccc2C)C(C)=C2c3ccccc3C(C3CCCCC3)(C3CCCCC3)N21.[2H]C1N(c2ccccc2C)C(C)=C2c3ccccc3C([2H])(C)N21. The van der Waals surface area contributed by atoms with Crippen LogP contribution in [-0.4, -0.2) is 57.7 Å². The van der Waals surface area contributed by atoms with E-state index in [-0.39, 0.29) is 22.2 Å². The van der Waals surface area contributed by atoms with Crippen molar-refractivity contribution in [1.82, 2.24) is 24.5 Å². The lowest BCUT2D eigenvalue weighted by atomic mass is 9.61. The number of nitrogens with zero attached hydrogens (tertiary/aromatic N) is 10.